The average Bonchev–Trinajstić information content (AvgIpc) is 2.88. The van der Waals surface area contributed by atoms with Gasteiger partial charge in [-0.2, -0.15) is 0 Å². The van der Waals surface area contributed by atoms with Crippen molar-refractivity contribution < 1.29 is 9.47 Å². The molecule has 1 aromatic rings. The van der Waals surface area contributed by atoms with Crippen molar-refractivity contribution in [3.63, 3.8) is 0 Å². The largest absolute Gasteiger partial charge is 0.490 e. The van der Waals surface area contributed by atoms with Crippen LogP contribution in [0.25, 0.3) is 0 Å². The average molecular weight is 339 g/mol. The molecule has 1 saturated carbocycles. The summed E-state index contributed by atoms with van der Waals surface area (Å²) in [6.45, 7) is 1.51. The maximum Gasteiger partial charge on any atom is 0.161 e. The van der Waals surface area contributed by atoms with Crippen LogP contribution in [0.4, 0.5) is 0 Å². The second-order valence-electron chi connectivity index (χ2n) is 5.95. The molecule has 2 aliphatic rings. The van der Waals surface area contributed by atoms with Gasteiger partial charge in [0.1, 0.15) is 0 Å². The van der Waals surface area contributed by atoms with Gasteiger partial charge in [0.15, 0.2) is 11.5 Å². The lowest BCUT2D eigenvalue weighted by atomic mass is 9.98. The molecule has 3 heteroatoms. The van der Waals surface area contributed by atoms with Crippen molar-refractivity contribution in [2.75, 3.05) is 13.2 Å². The van der Waals surface area contributed by atoms with Crippen LogP contribution < -0.4 is 9.47 Å². The molecule has 0 aromatic heterocycles. The second kappa shape index (κ2) is 6.84. The summed E-state index contributed by atoms with van der Waals surface area (Å²) in [5.41, 5.74) is 1.31. The SMILES string of the molecule is BrC(CCC1CCCC1)c1ccc2c(c1)OCCCO2. The van der Waals surface area contributed by atoms with Crippen LogP contribution >= 0.6 is 15.9 Å². The van der Waals surface area contributed by atoms with E-state index < -0.39 is 0 Å². The zero-order chi connectivity index (χ0) is 13.8. The first-order chi connectivity index (χ1) is 9.83. The van der Waals surface area contributed by atoms with Crippen molar-refractivity contribution in [2.24, 2.45) is 5.92 Å². The zero-order valence-electron chi connectivity index (χ0n) is 11.9. The highest BCUT2D eigenvalue weighted by Gasteiger charge is 2.18. The van der Waals surface area contributed by atoms with Crippen molar-refractivity contribution in [2.45, 2.75) is 49.8 Å². The van der Waals surface area contributed by atoms with Gasteiger partial charge >= 0.3 is 0 Å². The van der Waals surface area contributed by atoms with Gasteiger partial charge in [0, 0.05) is 11.2 Å². The first-order valence-electron chi connectivity index (χ1n) is 7.86. The number of fused-ring (bicyclic) bond motifs is 1. The Hall–Kier alpha value is -0.700. The number of hydrogen-bond donors (Lipinski definition) is 0. The Morgan fingerprint density at radius 1 is 1.05 bits per heavy atom. The van der Waals surface area contributed by atoms with E-state index in [4.69, 9.17) is 9.47 Å². The molecule has 0 amide bonds. The van der Waals surface area contributed by atoms with Crippen LogP contribution in [0.15, 0.2) is 18.2 Å². The first kappa shape index (κ1) is 14.2. The molecule has 0 N–H and O–H groups in total. The molecule has 0 spiro atoms. The van der Waals surface area contributed by atoms with E-state index in [2.05, 4.69) is 34.1 Å². The number of halogens is 1. The monoisotopic (exact) mass is 338 g/mol. The van der Waals surface area contributed by atoms with Crippen molar-refractivity contribution in [1.82, 2.24) is 0 Å². The molecule has 1 fully saturated rings. The molecule has 1 unspecified atom stereocenters. The van der Waals surface area contributed by atoms with Gasteiger partial charge < -0.3 is 9.47 Å². The minimum Gasteiger partial charge on any atom is -0.490 e. The maximum absolute atomic E-state index is 5.77. The molecular formula is C17H23BrO2. The van der Waals surface area contributed by atoms with Crippen LogP contribution in [0.5, 0.6) is 11.5 Å². The number of rotatable bonds is 4. The standard InChI is InChI=1S/C17H23BrO2/c18-15(8-6-13-4-1-2-5-13)14-7-9-16-17(12-14)20-11-3-10-19-16/h7,9,12-13,15H,1-6,8,10-11H2. The quantitative estimate of drug-likeness (QED) is 0.697. The smallest absolute Gasteiger partial charge is 0.161 e. The van der Waals surface area contributed by atoms with Crippen LogP contribution in [-0.2, 0) is 0 Å². The van der Waals surface area contributed by atoms with E-state index in [9.17, 15) is 0 Å². The Labute approximate surface area is 130 Å². The molecule has 1 aliphatic heterocycles. The van der Waals surface area contributed by atoms with Gasteiger partial charge in [-0.25, -0.2) is 0 Å². The fraction of sp³-hybridized carbons (Fsp3) is 0.647. The van der Waals surface area contributed by atoms with E-state index in [0.717, 1.165) is 37.1 Å². The second-order valence-corrected chi connectivity index (χ2v) is 7.06. The van der Waals surface area contributed by atoms with Gasteiger partial charge in [-0.15, -0.1) is 0 Å². The predicted octanol–water partition coefficient (Wildman–Crippen LogP) is 5.25. The summed E-state index contributed by atoms with van der Waals surface area (Å²) in [6.07, 6.45) is 9.24. The Kier molecular flexibility index (Phi) is 4.87. The number of benzene rings is 1. The van der Waals surface area contributed by atoms with Gasteiger partial charge in [-0.05, 0) is 36.5 Å². The third-order valence-corrected chi connectivity index (χ3v) is 5.42. The van der Waals surface area contributed by atoms with Crippen LogP contribution in [0.3, 0.4) is 0 Å². The van der Waals surface area contributed by atoms with E-state index >= 15 is 0 Å². The van der Waals surface area contributed by atoms with Crippen molar-refractivity contribution >= 4 is 15.9 Å². The molecule has 110 valence electrons. The van der Waals surface area contributed by atoms with Crippen LogP contribution in [0.1, 0.15) is 55.3 Å². The normalized spacial score (nSPS) is 20.6. The lowest BCUT2D eigenvalue weighted by molar-refractivity contribution is 0.297. The summed E-state index contributed by atoms with van der Waals surface area (Å²) < 4.78 is 11.5. The summed E-state index contributed by atoms with van der Waals surface area (Å²) in [4.78, 5) is 0.431. The number of alkyl halides is 1. The Balaban J connectivity index is 1.62. The Morgan fingerprint density at radius 3 is 2.60 bits per heavy atom. The summed E-state index contributed by atoms with van der Waals surface area (Å²) in [5, 5.41) is 0. The molecular weight excluding hydrogens is 316 g/mol. The predicted molar refractivity (Wildman–Crippen MR) is 84.9 cm³/mol. The molecule has 3 rings (SSSR count). The fourth-order valence-electron chi connectivity index (χ4n) is 3.22. The lowest BCUT2D eigenvalue weighted by Crippen LogP contribution is -1.98. The summed E-state index contributed by atoms with van der Waals surface area (Å²) in [6, 6.07) is 6.37. The Morgan fingerprint density at radius 2 is 1.80 bits per heavy atom. The molecule has 0 saturated heterocycles. The minimum absolute atomic E-state index is 0.431. The lowest BCUT2D eigenvalue weighted by Gasteiger charge is -2.15. The van der Waals surface area contributed by atoms with Gasteiger partial charge in [-0.1, -0.05) is 47.7 Å². The van der Waals surface area contributed by atoms with E-state index in [-0.39, 0.29) is 0 Å². The summed E-state index contributed by atoms with van der Waals surface area (Å²) in [5.74, 6) is 2.75. The fourth-order valence-corrected chi connectivity index (χ4v) is 3.77. The molecule has 0 bridgehead atoms. The van der Waals surface area contributed by atoms with Crippen molar-refractivity contribution in [3.8, 4) is 11.5 Å². The topological polar surface area (TPSA) is 18.5 Å². The van der Waals surface area contributed by atoms with Gasteiger partial charge in [0.05, 0.1) is 13.2 Å². The van der Waals surface area contributed by atoms with Crippen LogP contribution in [-0.4, -0.2) is 13.2 Å². The van der Waals surface area contributed by atoms with Crippen molar-refractivity contribution in [1.29, 1.82) is 0 Å². The first-order valence-corrected chi connectivity index (χ1v) is 8.78. The van der Waals surface area contributed by atoms with Crippen molar-refractivity contribution in [3.05, 3.63) is 23.8 Å². The van der Waals surface area contributed by atoms with E-state index in [1.807, 2.05) is 0 Å². The minimum atomic E-state index is 0.431. The molecule has 1 aromatic carbocycles. The van der Waals surface area contributed by atoms with E-state index in [0.29, 0.717) is 4.83 Å². The summed E-state index contributed by atoms with van der Waals surface area (Å²) in [7, 11) is 0. The van der Waals surface area contributed by atoms with Gasteiger partial charge in [0.2, 0.25) is 0 Å². The Bertz CT molecular complexity index is 441. The molecule has 1 heterocycles. The van der Waals surface area contributed by atoms with Gasteiger partial charge in [-0.3, -0.25) is 0 Å². The zero-order valence-corrected chi connectivity index (χ0v) is 13.5. The van der Waals surface area contributed by atoms with Crippen LogP contribution in [0.2, 0.25) is 0 Å². The highest BCUT2D eigenvalue weighted by Crippen LogP contribution is 2.38. The molecule has 1 atom stereocenters. The molecule has 20 heavy (non-hydrogen) atoms. The third kappa shape index (κ3) is 3.49. The van der Waals surface area contributed by atoms with Gasteiger partial charge in [0.25, 0.3) is 0 Å². The molecule has 1 aliphatic carbocycles. The highest BCUT2D eigenvalue weighted by molar-refractivity contribution is 9.09. The molecule has 2 nitrogen and oxygen atoms in total. The number of hydrogen-bond acceptors (Lipinski definition) is 2. The highest BCUT2D eigenvalue weighted by atomic mass is 79.9. The van der Waals surface area contributed by atoms with Crippen LogP contribution in [0, 0.1) is 5.92 Å². The maximum atomic E-state index is 5.77. The van der Waals surface area contributed by atoms with E-state index in [1.165, 1.54) is 44.1 Å². The third-order valence-electron chi connectivity index (χ3n) is 4.44. The summed E-state index contributed by atoms with van der Waals surface area (Å²) >= 11 is 3.84. The van der Waals surface area contributed by atoms with E-state index in [1.54, 1.807) is 0 Å². The number of ether oxygens (including phenoxy) is 2. The molecule has 0 radical (unpaired) electrons.